The quantitative estimate of drug-likeness (QED) is 0.848. The molecule has 0 atom stereocenters. The van der Waals surface area contributed by atoms with E-state index >= 15 is 0 Å². The summed E-state index contributed by atoms with van der Waals surface area (Å²) in [5.74, 6) is -0.000535. The molecule has 1 aliphatic carbocycles. The van der Waals surface area contributed by atoms with Gasteiger partial charge >= 0.3 is 0 Å². The zero-order valence-corrected chi connectivity index (χ0v) is 13.5. The molecule has 0 saturated heterocycles. The molecule has 0 spiro atoms. The molecule has 1 amide bonds. The molecule has 0 unspecified atom stereocenters. The maximum atomic E-state index is 12.6. The van der Waals surface area contributed by atoms with Crippen LogP contribution in [0, 0.1) is 0 Å². The van der Waals surface area contributed by atoms with Gasteiger partial charge in [0, 0.05) is 24.7 Å². The summed E-state index contributed by atoms with van der Waals surface area (Å²) in [4.78, 5) is 23.1. The van der Waals surface area contributed by atoms with E-state index < -0.39 is 0 Å². The second kappa shape index (κ2) is 5.65. The summed E-state index contributed by atoms with van der Waals surface area (Å²) in [7, 11) is 1.87. The monoisotopic (exact) mass is 354 g/mol. The molecule has 0 aromatic carbocycles. The number of imidazole rings is 1. The van der Waals surface area contributed by atoms with Crippen LogP contribution in [0.5, 0.6) is 0 Å². The smallest absolute Gasteiger partial charge is 0.274 e. The zero-order chi connectivity index (χ0) is 14.1. The Morgan fingerprint density at radius 3 is 2.90 bits per heavy atom. The van der Waals surface area contributed by atoms with Gasteiger partial charge < -0.3 is 9.47 Å². The Morgan fingerprint density at radius 1 is 1.60 bits per heavy atom. The number of carbonyl (C=O) groups is 1. The van der Waals surface area contributed by atoms with Crippen molar-refractivity contribution >= 4 is 33.2 Å². The highest BCUT2D eigenvalue weighted by atomic mass is 79.9. The second-order valence-corrected chi connectivity index (χ2v) is 7.17. The van der Waals surface area contributed by atoms with Crippen molar-refractivity contribution in [1.82, 2.24) is 19.4 Å². The highest BCUT2D eigenvalue weighted by molar-refractivity contribution is 9.11. The molecule has 2 aromatic heterocycles. The first-order valence-corrected chi connectivity index (χ1v) is 8.19. The number of hydrogen-bond donors (Lipinski definition) is 0. The third kappa shape index (κ3) is 2.78. The highest BCUT2D eigenvalue weighted by Gasteiger charge is 2.30. The summed E-state index contributed by atoms with van der Waals surface area (Å²) < 4.78 is 2.65. The van der Waals surface area contributed by atoms with Gasteiger partial charge in [-0.1, -0.05) is 0 Å². The topological polar surface area (TPSA) is 51.0 Å². The SMILES string of the molecule is Cn1cnc(C(=O)N(Cc2csc(Br)n2)C2CCC2)c1. The first kappa shape index (κ1) is 13.8. The molecule has 0 bridgehead atoms. The van der Waals surface area contributed by atoms with E-state index in [4.69, 9.17) is 0 Å². The summed E-state index contributed by atoms with van der Waals surface area (Å²) in [6.45, 7) is 0.558. The number of nitrogens with zero attached hydrogens (tertiary/aromatic N) is 4. The van der Waals surface area contributed by atoms with E-state index in [1.165, 1.54) is 6.42 Å². The Bertz CT molecular complexity index is 619. The fraction of sp³-hybridized carbons (Fsp3) is 0.462. The Balaban J connectivity index is 1.80. The maximum Gasteiger partial charge on any atom is 0.274 e. The van der Waals surface area contributed by atoms with E-state index in [-0.39, 0.29) is 5.91 Å². The van der Waals surface area contributed by atoms with Crippen molar-refractivity contribution in [3.63, 3.8) is 0 Å². The lowest BCUT2D eigenvalue weighted by molar-refractivity contribution is 0.0548. The van der Waals surface area contributed by atoms with Crippen molar-refractivity contribution in [2.45, 2.75) is 31.8 Å². The molecule has 2 heterocycles. The number of thiazole rings is 1. The van der Waals surface area contributed by atoms with Crippen LogP contribution in [0.2, 0.25) is 0 Å². The molecule has 106 valence electrons. The molecule has 5 nitrogen and oxygen atoms in total. The van der Waals surface area contributed by atoms with Crippen LogP contribution in [0.3, 0.4) is 0 Å². The summed E-state index contributed by atoms with van der Waals surface area (Å²) in [6.07, 6.45) is 6.77. The molecule has 0 N–H and O–H groups in total. The molecular formula is C13H15BrN4OS. The van der Waals surface area contributed by atoms with E-state index in [2.05, 4.69) is 25.9 Å². The van der Waals surface area contributed by atoms with E-state index in [0.29, 0.717) is 18.3 Å². The normalized spacial score (nSPS) is 15.1. The Morgan fingerprint density at radius 2 is 2.40 bits per heavy atom. The standard InChI is InChI=1S/C13H15BrN4OS/c1-17-6-11(15-8-17)12(19)18(10-3-2-4-10)5-9-7-20-13(14)16-9/h6-8,10H,2-5H2,1H3. The summed E-state index contributed by atoms with van der Waals surface area (Å²) in [5, 5.41) is 1.99. The molecule has 7 heteroatoms. The molecule has 2 aromatic rings. The minimum atomic E-state index is -0.000535. The third-order valence-corrected chi connectivity index (χ3v) is 4.97. The first-order valence-electron chi connectivity index (χ1n) is 6.52. The van der Waals surface area contributed by atoms with Crippen LogP contribution >= 0.6 is 27.3 Å². The van der Waals surface area contributed by atoms with Gasteiger partial charge in [0.15, 0.2) is 3.92 Å². The zero-order valence-electron chi connectivity index (χ0n) is 11.1. The molecule has 1 fully saturated rings. The molecule has 0 radical (unpaired) electrons. The minimum Gasteiger partial charge on any atom is -0.340 e. The Hall–Kier alpha value is -1.21. The van der Waals surface area contributed by atoms with Crippen LogP contribution in [0.25, 0.3) is 0 Å². The van der Waals surface area contributed by atoms with Crippen LogP contribution in [-0.4, -0.2) is 31.4 Å². The Labute approximate surface area is 129 Å². The van der Waals surface area contributed by atoms with Crippen molar-refractivity contribution in [3.8, 4) is 0 Å². The van der Waals surface area contributed by atoms with Gasteiger partial charge in [0.1, 0.15) is 5.69 Å². The van der Waals surface area contributed by atoms with Gasteiger partial charge in [-0.05, 0) is 35.2 Å². The number of amides is 1. The Kier molecular flexibility index (Phi) is 3.89. The predicted molar refractivity (Wildman–Crippen MR) is 80.5 cm³/mol. The number of carbonyl (C=O) groups excluding carboxylic acids is 1. The largest absolute Gasteiger partial charge is 0.340 e. The van der Waals surface area contributed by atoms with Gasteiger partial charge in [-0.25, -0.2) is 9.97 Å². The van der Waals surface area contributed by atoms with Crippen molar-refractivity contribution in [2.75, 3.05) is 0 Å². The van der Waals surface area contributed by atoms with Crippen LogP contribution in [0.1, 0.15) is 35.4 Å². The van der Waals surface area contributed by atoms with Gasteiger partial charge in [0.05, 0.1) is 18.6 Å². The lowest BCUT2D eigenvalue weighted by atomic mass is 9.91. The number of halogens is 1. The fourth-order valence-corrected chi connectivity index (χ4v) is 3.30. The van der Waals surface area contributed by atoms with E-state index in [9.17, 15) is 4.79 Å². The maximum absolute atomic E-state index is 12.6. The highest BCUT2D eigenvalue weighted by Crippen LogP contribution is 2.28. The second-order valence-electron chi connectivity index (χ2n) is 5.03. The molecule has 1 saturated carbocycles. The van der Waals surface area contributed by atoms with Crippen molar-refractivity contribution in [3.05, 3.63) is 33.2 Å². The van der Waals surface area contributed by atoms with Gasteiger partial charge in [-0.3, -0.25) is 4.79 Å². The van der Waals surface area contributed by atoms with Crippen LogP contribution < -0.4 is 0 Å². The molecular weight excluding hydrogens is 340 g/mol. The van der Waals surface area contributed by atoms with E-state index in [0.717, 1.165) is 22.5 Å². The van der Waals surface area contributed by atoms with Crippen molar-refractivity contribution in [1.29, 1.82) is 0 Å². The van der Waals surface area contributed by atoms with Gasteiger partial charge in [-0.15, -0.1) is 11.3 Å². The van der Waals surface area contributed by atoms with Gasteiger partial charge in [-0.2, -0.15) is 0 Å². The van der Waals surface area contributed by atoms with Crippen LogP contribution in [0.4, 0.5) is 0 Å². The first-order chi connectivity index (χ1) is 9.63. The molecule has 20 heavy (non-hydrogen) atoms. The molecule has 1 aliphatic rings. The number of aromatic nitrogens is 3. The van der Waals surface area contributed by atoms with Crippen molar-refractivity contribution < 1.29 is 4.79 Å². The molecule has 3 rings (SSSR count). The summed E-state index contributed by atoms with van der Waals surface area (Å²) in [6, 6.07) is 0.324. The number of aryl methyl sites for hydroxylation is 1. The van der Waals surface area contributed by atoms with E-state index in [1.54, 1.807) is 28.4 Å². The summed E-state index contributed by atoms with van der Waals surface area (Å²) >= 11 is 4.91. The average Bonchev–Trinajstić information content (AvgIpc) is 2.94. The third-order valence-electron chi connectivity index (χ3n) is 3.56. The average molecular weight is 355 g/mol. The summed E-state index contributed by atoms with van der Waals surface area (Å²) in [5.41, 5.74) is 1.44. The fourth-order valence-electron chi connectivity index (χ4n) is 2.26. The van der Waals surface area contributed by atoms with Crippen molar-refractivity contribution in [2.24, 2.45) is 7.05 Å². The van der Waals surface area contributed by atoms with E-state index in [1.807, 2.05) is 17.3 Å². The van der Waals surface area contributed by atoms with Gasteiger partial charge in [0.25, 0.3) is 5.91 Å². The lowest BCUT2D eigenvalue weighted by Gasteiger charge is -2.36. The lowest BCUT2D eigenvalue weighted by Crippen LogP contribution is -2.43. The van der Waals surface area contributed by atoms with Crippen LogP contribution in [-0.2, 0) is 13.6 Å². The molecule has 0 aliphatic heterocycles. The minimum absolute atomic E-state index is 0.000535. The van der Waals surface area contributed by atoms with Crippen LogP contribution in [0.15, 0.2) is 21.8 Å². The number of hydrogen-bond acceptors (Lipinski definition) is 4. The number of rotatable bonds is 4. The predicted octanol–water partition coefficient (Wildman–Crippen LogP) is 2.83. The van der Waals surface area contributed by atoms with Gasteiger partial charge in [0.2, 0.25) is 0 Å².